The molecule has 1 aromatic heterocycles. The molecule has 0 spiro atoms. The standard InChI is InChI=1S/C17H22N2S/c1-19(12-16-3-2-10-20-16)17(11-18)15-8-6-14(7-9-15)13-4-5-13/h2-3,6-10,13,17H,4-5,11-12,18H2,1H3. The van der Waals surface area contributed by atoms with Crippen LogP contribution in [0.1, 0.15) is 40.8 Å². The first-order valence-electron chi connectivity index (χ1n) is 7.30. The maximum Gasteiger partial charge on any atom is 0.0471 e. The Morgan fingerprint density at radius 1 is 1.25 bits per heavy atom. The van der Waals surface area contributed by atoms with Crippen molar-refractivity contribution in [3.8, 4) is 0 Å². The molecule has 0 aliphatic heterocycles. The molecule has 1 unspecified atom stereocenters. The minimum Gasteiger partial charge on any atom is -0.329 e. The molecule has 106 valence electrons. The topological polar surface area (TPSA) is 29.3 Å². The van der Waals surface area contributed by atoms with Crippen molar-refractivity contribution >= 4 is 11.3 Å². The maximum absolute atomic E-state index is 6.01. The van der Waals surface area contributed by atoms with Gasteiger partial charge in [0, 0.05) is 24.0 Å². The summed E-state index contributed by atoms with van der Waals surface area (Å²) in [5.41, 5.74) is 8.83. The summed E-state index contributed by atoms with van der Waals surface area (Å²) in [6.45, 7) is 1.62. The summed E-state index contributed by atoms with van der Waals surface area (Å²) in [5.74, 6) is 0.823. The molecule has 1 fully saturated rings. The van der Waals surface area contributed by atoms with Gasteiger partial charge in [0.2, 0.25) is 0 Å². The molecule has 0 saturated heterocycles. The van der Waals surface area contributed by atoms with E-state index in [1.807, 2.05) is 0 Å². The highest BCUT2D eigenvalue weighted by Crippen LogP contribution is 2.40. The molecule has 1 aliphatic rings. The number of thiophene rings is 1. The summed E-state index contributed by atoms with van der Waals surface area (Å²) in [6.07, 6.45) is 2.72. The molecule has 2 N–H and O–H groups in total. The van der Waals surface area contributed by atoms with Gasteiger partial charge in [0.1, 0.15) is 0 Å². The van der Waals surface area contributed by atoms with Gasteiger partial charge in [0.05, 0.1) is 0 Å². The second kappa shape index (κ2) is 6.08. The average Bonchev–Trinajstić information content (AvgIpc) is 3.19. The lowest BCUT2D eigenvalue weighted by Gasteiger charge is -2.27. The van der Waals surface area contributed by atoms with E-state index in [9.17, 15) is 0 Å². The molecule has 1 heterocycles. The first kappa shape index (κ1) is 13.8. The summed E-state index contributed by atoms with van der Waals surface area (Å²) in [4.78, 5) is 3.73. The third kappa shape index (κ3) is 3.11. The number of likely N-dealkylation sites (N-methyl/N-ethyl adjacent to an activating group) is 1. The van der Waals surface area contributed by atoms with Gasteiger partial charge in [-0.05, 0) is 48.4 Å². The minimum atomic E-state index is 0.297. The fraction of sp³-hybridized carbons (Fsp3) is 0.412. The molecule has 20 heavy (non-hydrogen) atoms. The second-order valence-electron chi connectivity index (χ2n) is 5.69. The van der Waals surface area contributed by atoms with E-state index in [2.05, 4.69) is 53.7 Å². The van der Waals surface area contributed by atoms with Crippen LogP contribution in [0.15, 0.2) is 41.8 Å². The number of hydrogen-bond donors (Lipinski definition) is 1. The van der Waals surface area contributed by atoms with Gasteiger partial charge in [0.15, 0.2) is 0 Å². The Balaban J connectivity index is 1.70. The van der Waals surface area contributed by atoms with Gasteiger partial charge in [-0.2, -0.15) is 0 Å². The van der Waals surface area contributed by atoms with Crippen molar-refractivity contribution < 1.29 is 0 Å². The monoisotopic (exact) mass is 286 g/mol. The van der Waals surface area contributed by atoms with Gasteiger partial charge in [0.25, 0.3) is 0 Å². The Morgan fingerprint density at radius 3 is 2.55 bits per heavy atom. The average molecular weight is 286 g/mol. The Bertz CT molecular complexity index is 529. The molecule has 3 rings (SSSR count). The van der Waals surface area contributed by atoms with Crippen LogP contribution in [0, 0.1) is 0 Å². The molecule has 0 bridgehead atoms. The lowest BCUT2D eigenvalue weighted by molar-refractivity contribution is 0.244. The highest BCUT2D eigenvalue weighted by molar-refractivity contribution is 7.09. The van der Waals surface area contributed by atoms with E-state index < -0.39 is 0 Å². The third-order valence-electron chi connectivity index (χ3n) is 4.11. The van der Waals surface area contributed by atoms with Gasteiger partial charge in [-0.15, -0.1) is 11.3 Å². The van der Waals surface area contributed by atoms with Crippen LogP contribution in [-0.2, 0) is 6.54 Å². The molecule has 1 aliphatic carbocycles. The quantitative estimate of drug-likeness (QED) is 0.876. The van der Waals surface area contributed by atoms with Gasteiger partial charge in [-0.25, -0.2) is 0 Å². The second-order valence-corrected chi connectivity index (χ2v) is 6.72. The molecular formula is C17H22N2S. The number of nitrogens with zero attached hydrogens (tertiary/aromatic N) is 1. The van der Waals surface area contributed by atoms with Crippen LogP contribution < -0.4 is 5.73 Å². The molecule has 1 saturated carbocycles. The van der Waals surface area contributed by atoms with Gasteiger partial charge in [-0.3, -0.25) is 4.90 Å². The van der Waals surface area contributed by atoms with Gasteiger partial charge < -0.3 is 5.73 Å². The number of benzene rings is 1. The van der Waals surface area contributed by atoms with Crippen molar-refractivity contribution in [1.29, 1.82) is 0 Å². The zero-order chi connectivity index (χ0) is 13.9. The fourth-order valence-corrected chi connectivity index (χ4v) is 3.50. The van der Waals surface area contributed by atoms with E-state index in [0.29, 0.717) is 12.6 Å². The number of rotatable bonds is 6. The Morgan fingerprint density at radius 2 is 2.00 bits per heavy atom. The van der Waals surface area contributed by atoms with Crippen LogP contribution in [0.5, 0.6) is 0 Å². The van der Waals surface area contributed by atoms with Crippen molar-refractivity contribution in [3.05, 3.63) is 57.8 Å². The largest absolute Gasteiger partial charge is 0.329 e. The first-order chi connectivity index (χ1) is 9.78. The summed E-state index contributed by atoms with van der Waals surface area (Å²) in [5, 5.41) is 2.13. The Labute approximate surface area is 125 Å². The van der Waals surface area contributed by atoms with Crippen molar-refractivity contribution in [2.24, 2.45) is 5.73 Å². The van der Waals surface area contributed by atoms with Crippen LogP contribution in [0.3, 0.4) is 0 Å². The lowest BCUT2D eigenvalue weighted by atomic mass is 10.0. The number of hydrogen-bond acceptors (Lipinski definition) is 3. The van der Waals surface area contributed by atoms with Crippen molar-refractivity contribution in [3.63, 3.8) is 0 Å². The van der Waals surface area contributed by atoms with E-state index in [0.717, 1.165) is 12.5 Å². The Kier molecular flexibility index (Phi) is 4.20. The van der Waals surface area contributed by atoms with E-state index in [4.69, 9.17) is 5.73 Å². The van der Waals surface area contributed by atoms with Crippen LogP contribution in [0.25, 0.3) is 0 Å². The van der Waals surface area contributed by atoms with E-state index >= 15 is 0 Å². The van der Waals surface area contributed by atoms with Crippen molar-refractivity contribution in [2.75, 3.05) is 13.6 Å². The van der Waals surface area contributed by atoms with Crippen molar-refractivity contribution in [2.45, 2.75) is 31.3 Å². The van der Waals surface area contributed by atoms with Crippen LogP contribution >= 0.6 is 11.3 Å². The van der Waals surface area contributed by atoms with Crippen LogP contribution in [0.4, 0.5) is 0 Å². The zero-order valence-electron chi connectivity index (χ0n) is 12.0. The van der Waals surface area contributed by atoms with Gasteiger partial charge in [-0.1, -0.05) is 30.3 Å². The lowest BCUT2D eigenvalue weighted by Crippen LogP contribution is -2.29. The molecule has 2 aromatic rings. The molecule has 3 heteroatoms. The highest BCUT2D eigenvalue weighted by Gasteiger charge is 2.23. The highest BCUT2D eigenvalue weighted by atomic mass is 32.1. The smallest absolute Gasteiger partial charge is 0.0471 e. The van der Waals surface area contributed by atoms with Crippen LogP contribution in [0.2, 0.25) is 0 Å². The molecule has 2 nitrogen and oxygen atoms in total. The summed E-state index contributed by atoms with van der Waals surface area (Å²) in [6, 6.07) is 13.7. The predicted molar refractivity (Wildman–Crippen MR) is 86.0 cm³/mol. The predicted octanol–water partition coefficient (Wildman–Crippen LogP) is 3.76. The molecule has 1 aromatic carbocycles. The van der Waals surface area contributed by atoms with E-state index in [-0.39, 0.29) is 0 Å². The van der Waals surface area contributed by atoms with Crippen molar-refractivity contribution in [1.82, 2.24) is 4.90 Å². The maximum atomic E-state index is 6.01. The molecule has 0 radical (unpaired) electrons. The first-order valence-corrected chi connectivity index (χ1v) is 8.18. The molecular weight excluding hydrogens is 264 g/mol. The number of nitrogens with two attached hydrogens (primary N) is 1. The summed E-state index contributed by atoms with van der Waals surface area (Å²) >= 11 is 1.81. The van der Waals surface area contributed by atoms with Gasteiger partial charge >= 0.3 is 0 Å². The SMILES string of the molecule is CN(Cc1cccs1)C(CN)c1ccc(C2CC2)cc1. The zero-order valence-corrected chi connectivity index (χ0v) is 12.8. The summed E-state index contributed by atoms with van der Waals surface area (Å²) in [7, 11) is 2.16. The fourth-order valence-electron chi connectivity index (χ4n) is 2.74. The third-order valence-corrected chi connectivity index (χ3v) is 4.97. The summed E-state index contributed by atoms with van der Waals surface area (Å²) < 4.78 is 0. The minimum absolute atomic E-state index is 0.297. The normalized spacial score (nSPS) is 16.6. The molecule has 0 amide bonds. The molecule has 1 atom stereocenters. The van der Waals surface area contributed by atoms with Crippen LogP contribution in [-0.4, -0.2) is 18.5 Å². The van der Waals surface area contributed by atoms with E-state index in [1.165, 1.54) is 28.8 Å². The van der Waals surface area contributed by atoms with E-state index in [1.54, 1.807) is 11.3 Å². The Hall–Kier alpha value is -1.16.